The first-order chi connectivity index (χ1) is 12.2. The predicted octanol–water partition coefficient (Wildman–Crippen LogP) is 2.89. The average molecular weight is 395 g/mol. The lowest BCUT2D eigenvalue weighted by atomic mass is 10.2. The zero-order valence-corrected chi connectivity index (χ0v) is 16.4. The molecular formula is C18H22N2O4S2. The van der Waals surface area contributed by atoms with Gasteiger partial charge in [-0.3, -0.25) is 4.72 Å². The van der Waals surface area contributed by atoms with Crippen LogP contribution in [0.25, 0.3) is 0 Å². The van der Waals surface area contributed by atoms with E-state index in [1.54, 1.807) is 25.1 Å². The molecule has 1 aliphatic rings. The fourth-order valence-electron chi connectivity index (χ4n) is 3.08. The SMILES string of the molecule is Cc1ccc(S(=O)(=O)Nc2ccc(S(=O)(=O)N3CCCC3)cc2)c(C)c1. The van der Waals surface area contributed by atoms with Gasteiger partial charge in [-0.1, -0.05) is 17.7 Å². The molecule has 3 rings (SSSR count). The van der Waals surface area contributed by atoms with Gasteiger partial charge < -0.3 is 0 Å². The van der Waals surface area contributed by atoms with Gasteiger partial charge in [0.25, 0.3) is 10.0 Å². The molecule has 2 aromatic carbocycles. The number of hydrogen-bond acceptors (Lipinski definition) is 4. The second-order valence-corrected chi connectivity index (χ2v) is 10.1. The van der Waals surface area contributed by atoms with Gasteiger partial charge in [0, 0.05) is 18.8 Å². The van der Waals surface area contributed by atoms with E-state index in [4.69, 9.17) is 0 Å². The van der Waals surface area contributed by atoms with Crippen molar-refractivity contribution in [1.29, 1.82) is 0 Å². The minimum Gasteiger partial charge on any atom is -0.280 e. The Morgan fingerprint density at radius 1 is 0.885 bits per heavy atom. The number of nitrogens with zero attached hydrogens (tertiary/aromatic N) is 1. The fourth-order valence-corrected chi connectivity index (χ4v) is 5.89. The van der Waals surface area contributed by atoms with Crippen LogP contribution in [-0.4, -0.2) is 34.2 Å². The Balaban J connectivity index is 1.83. The topological polar surface area (TPSA) is 83.5 Å². The van der Waals surface area contributed by atoms with Crippen LogP contribution in [0.5, 0.6) is 0 Å². The van der Waals surface area contributed by atoms with Gasteiger partial charge in [-0.15, -0.1) is 0 Å². The van der Waals surface area contributed by atoms with E-state index >= 15 is 0 Å². The lowest BCUT2D eigenvalue weighted by molar-refractivity contribution is 0.477. The number of benzene rings is 2. The van der Waals surface area contributed by atoms with Gasteiger partial charge in [0.15, 0.2) is 0 Å². The van der Waals surface area contributed by atoms with Crippen molar-refractivity contribution in [2.24, 2.45) is 0 Å². The van der Waals surface area contributed by atoms with E-state index in [2.05, 4.69) is 4.72 Å². The molecule has 140 valence electrons. The van der Waals surface area contributed by atoms with Crippen molar-refractivity contribution in [1.82, 2.24) is 4.31 Å². The Kier molecular flexibility index (Phi) is 5.09. The third kappa shape index (κ3) is 3.77. The third-order valence-corrected chi connectivity index (χ3v) is 7.88. The maximum atomic E-state index is 12.6. The maximum absolute atomic E-state index is 12.6. The van der Waals surface area contributed by atoms with E-state index in [1.165, 1.54) is 28.6 Å². The van der Waals surface area contributed by atoms with Crippen LogP contribution in [0.3, 0.4) is 0 Å². The summed E-state index contributed by atoms with van der Waals surface area (Å²) in [6, 6.07) is 10.9. The van der Waals surface area contributed by atoms with E-state index in [1.807, 2.05) is 6.92 Å². The Bertz CT molecular complexity index is 1010. The Morgan fingerprint density at radius 3 is 2.08 bits per heavy atom. The molecule has 1 fully saturated rings. The molecule has 1 aliphatic heterocycles. The monoisotopic (exact) mass is 394 g/mol. The summed E-state index contributed by atoms with van der Waals surface area (Å²) in [6.07, 6.45) is 1.74. The molecule has 0 atom stereocenters. The largest absolute Gasteiger partial charge is 0.280 e. The summed E-state index contributed by atoms with van der Waals surface area (Å²) >= 11 is 0. The highest BCUT2D eigenvalue weighted by atomic mass is 32.2. The fraction of sp³-hybridized carbons (Fsp3) is 0.333. The summed E-state index contributed by atoms with van der Waals surface area (Å²) in [6.45, 7) is 4.70. The predicted molar refractivity (Wildman–Crippen MR) is 101 cm³/mol. The van der Waals surface area contributed by atoms with Crippen LogP contribution >= 0.6 is 0 Å². The summed E-state index contributed by atoms with van der Waals surface area (Å²) in [5.41, 5.74) is 1.97. The molecule has 0 bridgehead atoms. The van der Waals surface area contributed by atoms with Gasteiger partial charge >= 0.3 is 0 Å². The second kappa shape index (κ2) is 7.02. The van der Waals surface area contributed by atoms with E-state index in [-0.39, 0.29) is 9.79 Å². The first-order valence-electron chi connectivity index (χ1n) is 8.40. The molecule has 8 heteroatoms. The van der Waals surface area contributed by atoms with Gasteiger partial charge in [0.1, 0.15) is 0 Å². The molecule has 0 saturated carbocycles. The zero-order valence-electron chi connectivity index (χ0n) is 14.8. The molecule has 0 aliphatic carbocycles. The van der Waals surface area contributed by atoms with Crippen LogP contribution in [0, 0.1) is 13.8 Å². The first kappa shape index (κ1) is 18.9. The van der Waals surface area contributed by atoms with Crippen molar-refractivity contribution in [3.63, 3.8) is 0 Å². The molecule has 1 N–H and O–H groups in total. The Hall–Kier alpha value is -1.90. The lowest BCUT2D eigenvalue weighted by Crippen LogP contribution is -2.27. The van der Waals surface area contributed by atoms with E-state index in [0.29, 0.717) is 24.3 Å². The molecule has 0 amide bonds. The van der Waals surface area contributed by atoms with Crippen molar-refractivity contribution in [2.75, 3.05) is 17.8 Å². The van der Waals surface area contributed by atoms with Crippen LogP contribution in [0.15, 0.2) is 52.3 Å². The van der Waals surface area contributed by atoms with Crippen LogP contribution < -0.4 is 4.72 Å². The maximum Gasteiger partial charge on any atom is 0.262 e. The third-order valence-electron chi connectivity index (χ3n) is 4.43. The lowest BCUT2D eigenvalue weighted by Gasteiger charge is -2.16. The summed E-state index contributed by atoms with van der Waals surface area (Å²) in [7, 11) is -7.24. The smallest absolute Gasteiger partial charge is 0.262 e. The molecule has 0 spiro atoms. The van der Waals surface area contributed by atoms with Crippen LogP contribution in [0.4, 0.5) is 5.69 Å². The number of anilines is 1. The number of hydrogen-bond donors (Lipinski definition) is 1. The summed E-state index contributed by atoms with van der Waals surface area (Å²) in [5, 5.41) is 0. The molecule has 1 heterocycles. The molecule has 2 aromatic rings. The standard InChI is InChI=1S/C18H22N2O4S2/c1-14-5-10-18(15(2)13-14)25(21,22)19-16-6-8-17(9-7-16)26(23,24)20-11-3-4-12-20/h5-10,13,19H,3-4,11-12H2,1-2H3. The van der Waals surface area contributed by atoms with Gasteiger partial charge in [-0.05, 0) is 62.6 Å². The Morgan fingerprint density at radius 2 is 1.50 bits per heavy atom. The number of sulfonamides is 2. The highest BCUT2D eigenvalue weighted by Crippen LogP contribution is 2.24. The number of aryl methyl sites for hydroxylation is 2. The minimum absolute atomic E-state index is 0.175. The Labute approximate surface area is 155 Å². The summed E-state index contributed by atoms with van der Waals surface area (Å²) < 4.78 is 54.2. The van der Waals surface area contributed by atoms with Crippen molar-refractivity contribution < 1.29 is 16.8 Å². The van der Waals surface area contributed by atoms with Gasteiger partial charge in [0.05, 0.1) is 9.79 Å². The zero-order chi connectivity index (χ0) is 18.9. The van der Waals surface area contributed by atoms with Crippen molar-refractivity contribution in [3.05, 3.63) is 53.6 Å². The van der Waals surface area contributed by atoms with Crippen molar-refractivity contribution in [3.8, 4) is 0 Å². The first-order valence-corrected chi connectivity index (χ1v) is 11.3. The molecule has 26 heavy (non-hydrogen) atoms. The van der Waals surface area contributed by atoms with Gasteiger partial charge in [-0.2, -0.15) is 4.31 Å². The highest BCUT2D eigenvalue weighted by molar-refractivity contribution is 7.92. The van der Waals surface area contributed by atoms with Crippen LogP contribution in [-0.2, 0) is 20.0 Å². The van der Waals surface area contributed by atoms with E-state index in [0.717, 1.165) is 18.4 Å². The quantitative estimate of drug-likeness (QED) is 0.845. The molecule has 1 saturated heterocycles. The van der Waals surface area contributed by atoms with Crippen LogP contribution in [0.1, 0.15) is 24.0 Å². The van der Waals surface area contributed by atoms with Crippen molar-refractivity contribution >= 4 is 25.7 Å². The second-order valence-electron chi connectivity index (χ2n) is 6.51. The summed E-state index contributed by atoms with van der Waals surface area (Å²) in [5.74, 6) is 0. The average Bonchev–Trinajstić information content (AvgIpc) is 3.10. The number of nitrogens with one attached hydrogen (secondary N) is 1. The minimum atomic E-state index is -3.73. The van der Waals surface area contributed by atoms with Crippen LogP contribution in [0.2, 0.25) is 0 Å². The van der Waals surface area contributed by atoms with Gasteiger partial charge in [-0.25, -0.2) is 16.8 Å². The van der Waals surface area contributed by atoms with E-state index < -0.39 is 20.0 Å². The van der Waals surface area contributed by atoms with Crippen molar-refractivity contribution in [2.45, 2.75) is 36.5 Å². The molecular weight excluding hydrogens is 372 g/mol. The summed E-state index contributed by atoms with van der Waals surface area (Å²) in [4.78, 5) is 0.380. The molecule has 0 aromatic heterocycles. The number of rotatable bonds is 5. The van der Waals surface area contributed by atoms with Gasteiger partial charge in [0.2, 0.25) is 10.0 Å². The van der Waals surface area contributed by atoms with E-state index in [9.17, 15) is 16.8 Å². The molecule has 0 unspecified atom stereocenters. The molecule has 0 radical (unpaired) electrons. The normalized spacial score (nSPS) is 15.9. The molecule has 6 nitrogen and oxygen atoms in total. The highest BCUT2D eigenvalue weighted by Gasteiger charge is 2.27.